The molecule has 0 spiro atoms. The normalized spacial score (nSPS) is 24.4. The molecule has 1 fully saturated rings. The van der Waals surface area contributed by atoms with Crippen molar-refractivity contribution in [1.82, 2.24) is 0 Å². The number of hydrogen-bond acceptors (Lipinski definition) is 4. The van der Waals surface area contributed by atoms with Gasteiger partial charge in [0.1, 0.15) is 0 Å². The molecule has 2 atom stereocenters. The standard InChI is InChI=1S/C12H24O4/c1-12(2,14)7-6-10(13)9-16-11-5-3-4-8-15-11/h10-11,13-14H,3-9H2,1-2H3/t10-,11+/m0/s1. The highest BCUT2D eigenvalue weighted by atomic mass is 16.7. The first-order valence-electron chi connectivity index (χ1n) is 6.11. The minimum atomic E-state index is -0.720. The number of aliphatic hydroxyl groups is 2. The van der Waals surface area contributed by atoms with E-state index >= 15 is 0 Å². The maximum atomic E-state index is 9.65. The molecule has 0 unspecified atom stereocenters. The predicted octanol–water partition coefficient (Wildman–Crippen LogP) is 1.44. The molecule has 96 valence electrons. The molecule has 1 aliphatic rings. The highest BCUT2D eigenvalue weighted by molar-refractivity contribution is 4.68. The lowest BCUT2D eigenvalue weighted by Crippen LogP contribution is -2.28. The highest BCUT2D eigenvalue weighted by Crippen LogP contribution is 2.16. The van der Waals surface area contributed by atoms with Crippen LogP contribution in [-0.2, 0) is 9.47 Å². The first-order valence-corrected chi connectivity index (χ1v) is 6.11. The first-order chi connectivity index (χ1) is 7.47. The maximum Gasteiger partial charge on any atom is 0.157 e. The number of hydrogen-bond donors (Lipinski definition) is 2. The summed E-state index contributed by atoms with van der Waals surface area (Å²) < 4.78 is 10.8. The van der Waals surface area contributed by atoms with Crippen molar-refractivity contribution in [2.45, 2.75) is 63.9 Å². The summed E-state index contributed by atoms with van der Waals surface area (Å²) in [6.45, 7) is 4.53. The molecule has 0 saturated carbocycles. The minimum Gasteiger partial charge on any atom is -0.391 e. The van der Waals surface area contributed by atoms with E-state index < -0.39 is 11.7 Å². The van der Waals surface area contributed by atoms with E-state index in [1.165, 1.54) is 0 Å². The SMILES string of the molecule is CC(C)(O)CC[C@H](O)CO[C@@H]1CCCCO1. The van der Waals surface area contributed by atoms with Gasteiger partial charge in [-0.2, -0.15) is 0 Å². The zero-order valence-electron chi connectivity index (χ0n) is 10.3. The maximum absolute atomic E-state index is 9.65. The van der Waals surface area contributed by atoms with Crippen LogP contribution in [0, 0.1) is 0 Å². The summed E-state index contributed by atoms with van der Waals surface area (Å²) in [5, 5.41) is 19.2. The van der Waals surface area contributed by atoms with E-state index in [2.05, 4.69) is 0 Å². The average Bonchev–Trinajstić information content (AvgIpc) is 2.24. The molecule has 0 bridgehead atoms. The fourth-order valence-corrected chi connectivity index (χ4v) is 1.66. The van der Waals surface area contributed by atoms with Crippen LogP contribution in [0.4, 0.5) is 0 Å². The smallest absolute Gasteiger partial charge is 0.157 e. The molecular formula is C12H24O4. The zero-order chi connectivity index (χ0) is 12.0. The molecule has 4 nitrogen and oxygen atoms in total. The molecule has 0 amide bonds. The Kier molecular flexibility index (Phi) is 5.69. The summed E-state index contributed by atoms with van der Waals surface area (Å²) in [5.41, 5.74) is -0.720. The summed E-state index contributed by atoms with van der Waals surface area (Å²) in [7, 11) is 0. The Morgan fingerprint density at radius 2 is 2.19 bits per heavy atom. The molecule has 0 aromatic heterocycles. The average molecular weight is 232 g/mol. The third kappa shape index (κ3) is 6.43. The molecule has 1 saturated heterocycles. The highest BCUT2D eigenvalue weighted by Gasteiger charge is 2.18. The number of aliphatic hydroxyl groups excluding tert-OH is 1. The van der Waals surface area contributed by atoms with Gasteiger partial charge in [-0.3, -0.25) is 0 Å². The fraction of sp³-hybridized carbons (Fsp3) is 1.00. The summed E-state index contributed by atoms with van der Waals surface area (Å²) >= 11 is 0. The third-order valence-electron chi connectivity index (χ3n) is 2.70. The summed E-state index contributed by atoms with van der Waals surface area (Å²) in [6, 6.07) is 0. The van der Waals surface area contributed by atoms with Crippen LogP contribution in [0.2, 0.25) is 0 Å². The first kappa shape index (κ1) is 13.9. The van der Waals surface area contributed by atoms with Crippen LogP contribution in [0.15, 0.2) is 0 Å². The van der Waals surface area contributed by atoms with Gasteiger partial charge in [-0.1, -0.05) is 0 Å². The second-order valence-electron chi connectivity index (χ2n) is 5.13. The van der Waals surface area contributed by atoms with E-state index in [0.717, 1.165) is 25.9 Å². The van der Waals surface area contributed by atoms with Crippen molar-refractivity contribution in [3.8, 4) is 0 Å². The van der Waals surface area contributed by atoms with Crippen LogP contribution in [0.25, 0.3) is 0 Å². The van der Waals surface area contributed by atoms with E-state index in [4.69, 9.17) is 9.47 Å². The Bertz CT molecular complexity index is 182. The Balaban J connectivity index is 2.07. The van der Waals surface area contributed by atoms with Crippen molar-refractivity contribution in [1.29, 1.82) is 0 Å². The van der Waals surface area contributed by atoms with Gasteiger partial charge in [0, 0.05) is 6.61 Å². The van der Waals surface area contributed by atoms with Gasteiger partial charge in [0.25, 0.3) is 0 Å². The third-order valence-corrected chi connectivity index (χ3v) is 2.70. The largest absolute Gasteiger partial charge is 0.391 e. The van der Waals surface area contributed by atoms with Gasteiger partial charge in [0.2, 0.25) is 0 Å². The van der Waals surface area contributed by atoms with Crippen molar-refractivity contribution >= 4 is 0 Å². The Labute approximate surface area is 97.6 Å². The van der Waals surface area contributed by atoms with Gasteiger partial charge in [0.15, 0.2) is 6.29 Å². The van der Waals surface area contributed by atoms with Gasteiger partial charge < -0.3 is 19.7 Å². The van der Waals surface area contributed by atoms with E-state index in [0.29, 0.717) is 19.4 Å². The lowest BCUT2D eigenvalue weighted by Gasteiger charge is -2.24. The van der Waals surface area contributed by atoms with Crippen LogP contribution in [0.1, 0.15) is 46.0 Å². The fourth-order valence-electron chi connectivity index (χ4n) is 1.66. The molecule has 4 heteroatoms. The predicted molar refractivity (Wildman–Crippen MR) is 61.1 cm³/mol. The molecule has 0 aliphatic carbocycles. The quantitative estimate of drug-likeness (QED) is 0.727. The van der Waals surface area contributed by atoms with E-state index in [-0.39, 0.29) is 6.29 Å². The topological polar surface area (TPSA) is 58.9 Å². The second kappa shape index (κ2) is 6.55. The summed E-state index contributed by atoms with van der Waals surface area (Å²) in [6.07, 6.45) is 3.60. The van der Waals surface area contributed by atoms with Crippen molar-refractivity contribution in [2.75, 3.05) is 13.2 Å². The van der Waals surface area contributed by atoms with E-state index in [1.54, 1.807) is 13.8 Å². The van der Waals surface area contributed by atoms with Crippen LogP contribution < -0.4 is 0 Å². The molecule has 0 aromatic rings. The van der Waals surface area contributed by atoms with E-state index in [1.807, 2.05) is 0 Å². The summed E-state index contributed by atoms with van der Waals surface area (Å²) in [5.74, 6) is 0. The monoisotopic (exact) mass is 232 g/mol. The van der Waals surface area contributed by atoms with Crippen molar-refractivity contribution < 1.29 is 19.7 Å². The molecule has 1 heterocycles. The van der Waals surface area contributed by atoms with Gasteiger partial charge in [-0.15, -0.1) is 0 Å². The Hall–Kier alpha value is -0.160. The van der Waals surface area contributed by atoms with Gasteiger partial charge in [-0.25, -0.2) is 0 Å². The van der Waals surface area contributed by atoms with Crippen molar-refractivity contribution in [2.24, 2.45) is 0 Å². The van der Waals surface area contributed by atoms with Gasteiger partial charge in [0.05, 0.1) is 18.3 Å². The van der Waals surface area contributed by atoms with Crippen molar-refractivity contribution in [3.05, 3.63) is 0 Å². The van der Waals surface area contributed by atoms with E-state index in [9.17, 15) is 10.2 Å². The summed E-state index contributed by atoms with van der Waals surface area (Å²) in [4.78, 5) is 0. The van der Waals surface area contributed by atoms with Crippen molar-refractivity contribution in [3.63, 3.8) is 0 Å². The van der Waals surface area contributed by atoms with Crippen LogP contribution >= 0.6 is 0 Å². The van der Waals surface area contributed by atoms with Gasteiger partial charge in [-0.05, 0) is 46.0 Å². The molecule has 1 aliphatic heterocycles. The zero-order valence-corrected chi connectivity index (χ0v) is 10.3. The lowest BCUT2D eigenvalue weighted by molar-refractivity contribution is -0.176. The molecular weight excluding hydrogens is 208 g/mol. The minimum absolute atomic E-state index is 0.148. The Morgan fingerprint density at radius 1 is 1.44 bits per heavy atom. The second-order valence-corrected chi connectivity index (χ2v) is 5.13. The molecule has 16 heavy (non-hydrogen) atoms. The molecule has 1 rings (SSSR count). The number of ether oxygens (including phenoxy) is 2. The molecule has 2 N–H and O–H groups in total. The van der Waals surface area contributed by atoms with Crippen LogP contribution in [0.3, 0.4) is 0 Å². The van der Waals surface area contributed by atoms with Crippen LogP contribution in [-0.4, -0.2) is 41.4 Å². The number of rotatable bonds is 6. The molecule has 0 aromatic carbocycles. The van der Waals surface area contributed by atoms with Gasteiger partial charge >= 0.3 is 0 Å². The Morgan fingerprint density at radius 3 is 2.75 bits per heavy atom. The molecule has 0 radical (unpaired) electrons. The lowest BCUT2D eigenvalue weighted by atomic mass is 10.0. The van der Waals surface area contributed by atoms with Crippen LogP contribution in [0.5, 0.6) is 0 Å².